The molecule has 1 aromatic rings. The Labute approximate surface area is 89.7 Å². The third kappa shape index (κ3) is 1.72. The summed E-state index contributed by atoms with van der Waals surface area (Å²) >= 11 is 6.12. The van der Waals surface area contributed by atoms with Gasteiger partial charge in [0.2, 0.25) is 0 Å². The molecule has 0 saturated heterocycles. The summed E-state index contributed by atoms with van der Waals surface area (Å²) in [6.07, 6.45) is 1.17. The summed E-state index contributed by atoms with van der Waals surface area (Å²) in [6, 6.07) is 6.13. The van der Waals surface area contributed by atoms with Crippen molar-refractivity contribution >= 4 is 17.3 Å². The molecule has 0 fully saturated rings. The number of para-hydroxylation sites is 1. The predicted molar refractivity (Wildman–Crippen MR) is 61.2 cm³/mol. The maximum absolute atomic E-state index is 6.12. The van der Waals surface area contributed by atoms with Gasteiger partial charge in [0.05, 0.1) is 10.7 Å². The first kappa shape index (κ1) is 9.81. The van der Waals surface area contributed by atoms with E-state index in [1.807, 2.05) is 19.2 Å². The molecule has 1 atom stereocenters. The highest BCUT2D eigenvalue weighted by molar-refractivity contribution is 6.33. The van der Waals surface area contributed by atoms with Gasteiger partial charge in [0.25, 0.3) is 0 Å². The molecule has 0 bridgehead atoms. The van der Waals surface area contributed by atoms with E-state index in [4.69, 9.17) is 11.6 Å². The highest BCUT2D eigenvalue weighted by Crippen LogP contribution is 2.35. The molecule has 1 aliphatic heterocycles. The zero-order chi connectivity index (χ0) is 9.97. The molecule has 1 heterocycles. The van der Waals surface area contributed by atoms with Crippen LogP contribution in [0.2, 0.25) is 5.02 Å². The largest absolute Gasteiger partial charge is 0.384 e. The average molecular weight is 211 g/mol. The van der Waals surface area contributed by atoms with Crippen LogP contribution in [0.15, 0.2) is 18.2 Å². The average Bonchev–Trinajstić information content (AvgIpc) is 2.20. The number of halogens is 1. The lowest BCUT2D eigenvalue weighted by atomic mass is 9.91. The second kappa shape index (κ2) is 4.20. The van der Waals surface area contributed by atoms with Crippen molar-refractivity contribution < 1.29 is 0 Å². The van der Waals surface area contributed by atoms with E-state index in [1.165, 1.54) is 12.0 Å². The van der Waals surface area contributed by atoms with Crippen LogP contribution in [0.3, 0.4) is 0 Å². The Kier molecular flexibility index (Phi) is 2.94. The number of hydrogen-bond donors (Lipinski definition) is 2. The Balaban J connectivity index is 2.34. The minimum absolute atomic E-state index is 0.593. The summed E-state index contributed by atoms with van der Waals surface area (Å²) in [5.74, 6) is 0.593. The van der Waals surface area contributed by atoms with E-state index in [0.29, 0.717) is 5.92 Å². The zero-order valence-electron chi connectivity index (χ0n) is 8.31. The molecule has 1 aliphatic rings. The number of anilines is 1. The topological polar surface area (TPSA) is 24.1 Å². The van der Waals surface area contributed by atoms with E-state index in [2.05, 4.69) is 16.7 Å². The van der Waals surface area contributed by atoms with Crippen molar-refractivity contribution in [2.45, 2.75) is 12.3 Å². The summed E-state index contributed by atoms with van der Waals surface area (Å²) in [5.41, 5.74) is 2.47. The number of rotatable bonds is 2. The van der Waals surface area contributed by atoms with E-state index >= 15 is 0 Å². The second-order valence-electron chi connectivity index (χ2n) is 3.67. The standard InChI is InChI=1S/C11H15ClN2/c1-13-7-8-5-6-14-11-9(8)3-2-4-10(11)12/h2-4,8,13-14H,5-7H2,1H3. The Bertz CT molecular complexity index is 325. The molecule has 3 heteroatoms. The Hall–Kier alpha value is -0.730. The molecule has 0 radical (unpaired) electrons. The normalized spacial score (nSPS) is 20.0. The number of nitrogens with one attached hydrogen (secondary N) is 2. The lowest BCUT2D eigenvalue weighted by Gasteiger charge is -2.27. The number of fused-ring (bicyclic) bond motifs is 1. The first-order chi connectivity index (χ1) is 6.83. The Morgan fingerprint density at radius 2 is 2.43 bits per heavy atom. The minimum Gasteiger partial charge on any atom is -0.384 e. The van der Waals surface area contributed by atoms with Crippen molar-refractivity contribution in [1.29, 1.82) is 0 Å². The number of hydrogen-bond acceptors (Lipinski definition) is 2. The van der Waals surface area contributed by atoms with Crippen LogP contribution in [0.25, 0.3) is 0 Å². The highest BCUT2D eigenvalue weighted by Gasteiger charge is 2.20. The molecule has 0 amide bonds. The first-order valence-corrected chi connectivity index (χ1v) is 5.37. The van der Waals surface area contributed by atoms with Gasteiger partial charge < -0.3 is 10.6 Å². The highest BCUT2D eigenvalue weighted by atomic mass is 35.5. The minimum atomic E-state index is 0.593. The molecule has 2 N–H and O–H groups in total. The van der Waals surface area contributed by atoms with Crippen LogP contribution < -0.4 is 10.6 Å². The SMILES string of the molecule is CNCC1CCNc2c(Cl)cccc21. The molecule has 0 spiro atoms. The van der Waals surface area contributed by atoms with Gasteiger partial charge >= 0.3 is 0 Å². The van der Waals surface area contributed by atoms with E-state index in [0.717, 1.165) is 23.8 Å². The second-order valence-corrected chi connectivity index (χ2v) is 4.08. The Morgan fingerprint density at radius 1 is 1.57 bits per heavy atom. The van der Waals surface area contributed by atoms with Crippen molar-refractivity contribution in [3.05, 3.63) is 28.8 Å². The molecule has 1 aromatic carbocycles. The van der Waals surface area contributed by atoms with Gasteiger partial charge in [-0.05, 0) is 25.1 Å². The van der Waals surface area contributed by atoms with E-state index in [-0.39, 0.29) is 0 Å². The monoisotopic (exact) mass is 210 g/mol. The predicted octanol–water partition coefficient (Wildman–Crippen LogP) is 2.46. The van der Waals surface area contributed by atoms with Crippen LogP contribution in [0.1, 0.15) is 17.9 Å². The maximum atomic E-state index is 6.12. The fraction of sp³-hybridized carbons (Fsp3) is 0.455. The fourth-order valence-corrected chi connectivity index (χ4v) is 2.30. The molecule has 0 aliphatic carbocycles. The molecule has 2 nitrogen and oxygen atoms in total. The van der Waals surface area contributed by atoms with Gasteiger partial charge in [0.15, 0.2) is 0 Å². The third-order valence-electron chi connectivity index (χ3n) is 2.73. The fourth-order valence-electron chi connectivity index (χ4n) is 2.05. The van der Waals surface area contributed by atoms with Gasteiger partial charge in [-0.2, -0.15) is 0 Å². The third-order valence-corrected chi connectivity index (χ3v) is 3.05. The van der Waals surface area contributed by atoms with Gasteiger partial charge in [-0.3, -0.25) is 0 Å². The zero-order valence-corrected chi connectivity index (χ0v) is 9.06. The lowest BCUT2D eigenvalue weighted by molar-refractivity contribution is 0.586. The quantitative estimate of drug-likeness (QED) is 0.784. The van der Waals surface area contributed by atoms with Crippen molar-refractivity contribution in [2.24, 2.45) is 0 Å². The molecule has 76 valence electrons. The van der Waals surface area contributed by atoms with Crippen LogP contribution in [0.4, 0.5) is 5.69 Å². The van der Waals surface area contributed by atoms with Crippen molar-refractivity contribution in [2.75, 3.05) is 25.5 Å². The summed E-state index contributed by atoms with van der Waals surface area (Å²) in [7, 11) is 1.99. The summed E-state index contributed by atoms with van der Waals surface area (Å²) in [4.78, 5) is 0. The van der Waals surface area contributed by atoms with Gasteiger partial charge in [0, 0.05) is 19.0 Å². The molecule has 1 unspecified atom stereocenters. The molecule has 0 aromatic heterocycles. The molecule has 0 saturated carbocycles. The van der Waals surface area contributed by atoms with Gasteiger partial charge in [0.1, 0.15) is 0 Å². The summed E-state index contributed by atoms with van der Waals surface area (Å²) < 4.78 is 0. The van der Waals surface area contributed by atoms with E-state index in [1.54, 1.807) is 0 Å². The van der Waals surface area contributed by atoms with Gasteiger partial charge in [-0.15, -0.1) is 0 Å². The van der Waals surface area contributed by atoms with Crippen molar-refractivity contribution in [1.82, 2.24) is 5.32 Å². The Morgan fingerprint density at radius 3 is 3.21 bits per heavy atom. The van der Waals surface area contributed by atoms with Crippen molar-refractivity contribution in [3.63, 3.8) is 0 Å². The van der Waals surface area contributed by atoms with Crippen LogP contribution in [0, 0.1) is 0 Å². The molecule has 2 rings (SSSR count). The smallest absolute Gasteiger partial charge is 0.0640 e. The van der Waals surface area contributed by atoms with Crippen LogP contribution >= 0.6 is 11.6 Å². The summed E-state index contributed by atoms with van der Waals surface area (Å²) in [6.45, 7) is 2.04. The maximum Gasteiger partial charge on any atom is 0.0640 e. The molecular formula is C11H15ClN2. The van der Waals surface area contributed by atoms with Crippen LogP contribution in [-0.2, 0) is 0 Å². The van der Waals surface area contributed by atoms with E-state index < -0.39 is 0 Å². The molecular weight excluding hydrogens is 196 g/mol. The first-order valence-electron chi connectivity index (χ1n) is 5.00. The number of benzene rings is 1. The van der Waals surface area contributed by atoms with Crippen LogP contribution in [0.5, 0.6) is 0 Å². The number of likely N-dealkylation sites (N-methyl/N-ethyl adjacent to an activating group) is 1. The molecule has 14 heavy (non-hydrogen) atoms. The van der Waals surface area contributed by atoms with Crippen LogP contribution in [-0.4, -0.2) is 20.1 Å². The van der Waals surface area contributed by atoms with Gasteiger partial charge in [-0.25, -0.2) is 0 Å². The lowest BCUT2D eigenvalue weighted by Crippen LogP contribution is -2.24. The summed E-state index contributed by atoms with van der Waals surface area (Å²) in [5, 5.41) is 7.42. The van der Waals surface area contributed by atoms with E-state index in [9.17, 15) is 0 Å². The van der Waals surface area contributed by atoms with Crippen molar-refractivity contribution in [3.8, 4) is 0 Å². The van der Waals surface area contributed by atoms with Gasteiger partial charge in [-0.1, -0.05) is 23.7 Å².